The van der Waals surface area contributed by atoms with Crippen molar-refractivity contribution < 1.29 is 9.13 Å². The summed E-state index contributed by atoms with van der Waals surface area (Å²) in [4.78, 5) is 0. The van der Waals surface area contributed by atoms with Gasteiger partial charge in [0.15, 0.2) is 17.4 Å². The van der Waals surface area contributed by atoms with Gasteiger partial charge in [-0.3, -0.25) is 0 Å². The number of hydrogen-bond acceptors (Lipinski definition) is 5. The fraction of sp³-hybridized carbons (Fsp3) is 0.364. The van der Waals surface area contributed by atoms with Crippen molar-refractivity contribution in [2.24, 2.45) is 0 Å². The van der Waals surface area contributed by atoms with E-state index < -0.39 is 0 Å². The average molecular weight is 251 g/mol. The lowest BCUT2D eigenvalue weighted by Gasteiger charge is -2.14. The van der Waals surface area contributed by atoms with Crippen LogP contribution in [-0.2, 0) is 6.54 Å². The Hall–Kier alpha value is -2.02. The van der Waals surface area contributed by atoms with Crippen molar-refractivity contribution in [3.05, 3.63) is 35.4 Å². The second-order valence-corrected chi connectivity index (χ2v) is 3.82. The molecule has 96 valence electrons. The minimum absolute atomic E-state index is 0.0259. The van der Waals surface area contributed by atoms with Crippen LogP contribution in [0.5, 0.6) is 5.75 Å². The van der Waals surface area contributed by atoms with Crippen LogP contribution in [0.15, 0.2) is 18.2 Å². The molecule has 0 amide bonds. The van der Waals surface area contributed by atoms with E-state index in [1.54, 1.807) is 12.1 Å². The van der Waals surface area contributed by atoms with E-state index in [0.717, 1.165) is 5.56 Å². The molecule has 18 heavy (non-hydrogen) atoms. The van der Waals surface area contributed by atoms with E-state index >= 15 is 0 Å². The second-order valence-electron chi connectivity index (χ2n) is 3.82. The SMILES string of the molecule is COc1cc(C(C)NCc2nn[nH]n2)ccc1F. The van der Waals surface area contributed by atoms with Gasteiger partial charge >= 0.3 is 0 Å². The number of ether oxygens (including phenoxy) is 1. The molecule has 0 saturated carbocycles. The van der Waals surface area contributed by atoms with Gasteiger partial charge in [0.1, 0.15) is 0 Å². The quantitative estimate of drug-likeness (QED) is 0.835. The van der Waals surface area contributed by atoms with Gasteiger partial charge in [-0.2, -0.15) is 5.21 Å². The zero-order valence-electron chi connectivity index (χ0n) is 10.1. The van der Waals surface area contributed by atoms with Crippen molar-refractivity contribution in [1.82, 2.24) is 25.9 Å². The van der Waals surface area contributed by atoms with Gasteiger partial charge in [0.05, 0.1) is 13.7 Å². The van der Waals surface area contributed by atoms with Crippen LogP contribution in [0, 0.1) is 5.82 Å². The van der Waals surface area contributed by atoms with E-state index in [9.17, 15) is 4.39 Å². The highest BCUT2D eigenvalue weighted by Gasteiger charge is 2.10. The van der Waals surface area contributed by atoms with Crippen LogP contribution < -0.4 is 10.1 Å². The lowest BCUT2D eigenvalue weighted by molar-refractivity contribution is 0.385. The van der Waals surface area contributed by atoms with E-state index in [1.807, 2.05) is 6.92 Å². The molecule has 0 saturated heterocycles. The molecule has 7 heteroatoms. The summed E-state index contributed by atoms with van der Waals surface area (Å²) in [5, 5.41) is 16.7. The fourth-order valence-electron chi connectivity index (χ4n) is 1.57. The monoisotopic (exact) mass is 251 g/mol. The minimum Gasteiger partial charge on any atom is -0.494 e. The van der Waals surface area contributed by atoms with Crippen molar-refractivity contribution in [1.29, 1.82) is 0 Å². The van der Waals surface area contributed by atoms with Crippen molar-refractivity contribution in [3.8, 4) is 5.75 Å². The number of aromatic nitrogens is 4. The lowest BCUT2D eigenvalue weighted by atomic mass is 10.1. The molecule has 2 aromatic rings. The first-order chi connectivity index (χ1) is 8.70. The van der Waals surface area contributed by atoms with Crippen LogP contribution in [0.3, 0.4) is 0 Å². The summed E-state index contributed by atoms with van der Waals surface area (Å²) in [7, 11) is 1.44. The molecule has 1 aromatic carbocycles. The highest BCUT2D eigenvalue weighted by atomic mass is 19.1. The molecule has 1 unspecified atom stereocenters. The molecule has 0 spiro atoms. The molecule has 2 N–H and O–H groups in total. The van der Waals surface area contributed by atoms with Crippen LogP contribution in [0.2, 0.25) is 0 Å². The number of benzene rings is 1. The first-order valence-corrected chi connectivity index (χ1v) is 5.50. The average Bonchev–Trinajstić information content (AvgIpc) is 2.89. The third-order valence-electron chi connectivity index (χ3n) is 2.63. The van der Waals surface area contributed by atoms with Gasteiger partial charge in [0.25, 0.3) is 0 Å². The molecule has 1 aromatic heterocycles. The summed E-state index contributed by atoms with van der Waals surface area (Å²) in [6.07, 6.45) is 0. The van der Waals surface area contributed by atoms with Gasteiger partial charge in [0.2, 0.25) is 0 Å². The van der Waals surface area contributed by atoms with Crippen LogP contribution in [0.25, 0.3) is 0 Å². The second kappa shape index (κ2) is 5.54. The Morgan fingerprint density at radius 1 is 1.50 bits per heavy atom. The summed E-state index contributed by atoms with van der Waals surface area (Å²) in [6, 6.07) is 4.80. The third kappa shape index (κ3) is 2.80. The highest BCUT2D eigenvalue weighted by molar-refractivity contribution is 5.31. The van der Waals surface area contributed by atoms with Crippen LogP contribution >= 0.6 is 0 Å². The Kier molecular flexibility index (Phi) is 3.83. The Morgan fingerprint density at radius 3 is 3.00 bits per heavy atom. The number of halogens is 1. The zero-order chi connectivity index (χ0) is 13.0. The minimum atomic E-state index is -0.369. The number of tetrazole rings is 1. The molecule has 0 aliphatic rings. The number of rotatable bonds is 5. The molecule has 0 aliphatic heterocycles. The summed E-state index contributed by atoms with van der Waals surface area (Å²) < 4.78 is 18.2. The van der Waals surface area contributed by atoms with E-state index in [-0.39, 0.29) is 17.6 Å². The molecular formula is C11H14FN5O. The summed E-state index contributed by atoms with van der Waals surface area (Å²) in [5.41, 5.74) is 0.928. The number of nitrogens with one attached hydrogen (secondary N) is 2. The maximum Gasteiger partial charge on any atom is 0.188 e. The van der Waals surface area contributed by atoms with Crippen molar-refractivity contribution >= 4 is 0 Å². The predicted molar refractivity (Wildman–Crippen MR) is 62.4 cm³/mol. The summed E-state index contributed by atoms with van der Waals surface area (Å²) in [5.74, 6) is 0.447. The number of hydrogen-bond donors (Lipinski definition) is 2. The third-order valence-corrected chi connectivity index (χ3v) is 2.63. The van der Waals surface area contributed by atoms with Gasteiger partial charge in [-0.25, -0.2) is 4.39 Å². The standard InChI is InChI=1S/C11H14FN5O/c1-7(13-6-11-14-16-17-15-11)8-3-4-9(12)10(5-8)18-2/h3-5,7,13H,6H2,1-2H3,(H,14,15,16,17). The Balaban J connectivity index is 2.02. The summed E-state index contributed by atoms with van der Waals surface area (Å²) in [6.45, 7) is 2.45. The highest BCUT2D eigenvalue weighted by Crippen LogP contribution is 2.22. The fourth-order valence-corrected chi connectivity index (χ4v) is 1.57. The largest absolute Gasteiger partial charge is 0.494 e. The molecule has 2 rings (SSSR count). The van der Waals surface area contributed by atoms with Gasteiger partial charge in [-0.05, 0) is 24.6 Å². The van der Waals surface area contributed by atoms with Crippen molar-refractivity contribution in [3.63, 3.8) is 0 Å². The van der Waals surface area contributed by atoms with Crippen LogP contribution in [0.4, 0.5) is 4.39 Å². The molecule has 0 aliphatic carbocycles. The molecule has 1 heterocycles. The van der Waals surface area contributed by atoms with Crippen LogP contribution in [-0.4, -0.2) is 27.7 Å². The zero-order valence-corrected chi connectivity index (χ0v) is 10.1. The normalized spacial score (nSPS) is 12.4. The molecule has 0 fully saturated rings. The van der Waals surface area contributed by atoms with Gasteiger partial charge in [-0.15, -0.1) is 10.2 Å². The first-order valence-electron chi connectivity index (χ1n) is 5.50. The maximum atomic E-state index is 13.3. The van der Waals surface area contributed by atoms with Gasteiger partial charge < -0.3 is 10.1 Å². The Bertz CT molecular complexity index is 502. The maximum absolute atomic E-state index is 13.3. The Morgan fingerprint density at radius 2 is 2.33 bits per heavy atom. The summed E-state index contributed by atoms with van der Waals surface area (Å²) >= 11 is 0. The number of methoxy groups -OCH3 is 1. The molecule has 0 radical (unpaired) electrons. The molecular weight excluding hydrogens is 237 g/mol. The first kappa shape index (κ1) is 12.4. The molecule has 0 bridgehead atoms. The van der Waals surface area contributed by atoms with Gasteiger partial charge in [0, 0.05) is 6.04 Å². The topological polar surface area (TPSA) is 75.7 Å². The van der Waals surface area contributed by atoms with Gasteiger partial charge in [-0.1, -0.05) is 11.3 Å². The number of nitrogens with zero attached hydrogens (tertiary/aromatic N) is 3. The van der Waals surface area contributed by atoms with Crippen molar-refractivity contribution in [2.45, 2.75) is 19.5 Å². The lowest BCUT2D eigenvalue weighted by Crippen LogP contribution is -2.19. The van der Waals surface area contributed by atoms with Crippen molar-refractivity contribution in [2.75, 3.05) is 7.11 Å². The predicted octanol–water partition coefficient (Wildman–Crippen LogP) is 1.20. The Labute approximate surface area is 104 Å². The van der Waals surface area contributed by atoms with Crippen LogP contribution in [0.1, 0.15) is 24.4 Å². The van der Waals surface area contributed by atoms with E-state index in [0.29, 0.717) is 12.4 Å². The number of aromatic amines is 1. The van der Waals surface area contributed by atoms with E-state index in [2.05, 4.69) is 25.9 Å². The molecule has 6 nitrogen and oxygen atoms in total. The smallest absolute Gasteiger partial charge is 0.188 e. The van der Waals surface area contributed by atoms with E-state index in [1.165, 1.54) is 13.2 Å². The van der Waals surface area contributed by atoms with E-state index in [4.69, 9.17) is 4.74 Å². The molecule has 1 atom stereocenters. The number of H-pyrrole nitrogens is 1.